The molecule has 1 amide bonds. The Hall–Kier alpha value is -2.59. The van der Waals surface area contributed by atoms with Crippen molar-refractivity contribution < 1.29 is 4.79 Å². The van der Waals surface area contributed by atoms with Crippen molar-refractivity contribution in [3.05, 3.63) is 71.0 Å². The van der Waals surface area contributed by atoms with Crippen LogP contribution in [0, 0.1) is 13.8 Å². The Morgan fingerprint density at radius 1 is 1.12 bits per heavy atom. The van der Waals surface area contributed by atoms with Gasteiger partial charge in [-0.25, -0.2) is 0 Å². The smallest absolute Gasteiger partial charge is 0.253 e. The van der Waals surface area contributed by atoms with Crippen LogP contribution < -0.4 is 11.1 Å². The first-order valence-corrected chi connectivity index (χ1v) is 8.71. The van der Waals surface area contributed by atoms with Gasteiger partial charge >= 0.3 is 0 Å². The normalized spacial score (nSPS) is 12.3. The molecule has 3 N–H and O–H groups in total. The van der Waals surface area contributed by atoms with Crippen molar-refractivity contribution in [2.45, 2.75) is 33.4 Å². The molecule has 4 nitrogen and oxygen atoms in total. The van der Waals surface area contributed by atoms with Crippen LogP contribution in [0.2, 0.25) is 0 Å². The van der Waals surface area contributed by atoms with Crippen molar-refractivity contribution in [3.63, 3.8) is 0 Å². The van der Waals surface area contributed by atoms with Crippen LogP contribution in [0.5, 0.6) is 0 Å². The first-order valence-electron chi connectivity index (χ1n) is 8.71. The predicted octanol–water partition coefficient (Wildman–Crippen LogP) is 3.71. The quantitative estimate of drug-likeness (QED) is 0.747. The van der Waals surface area contributed by atoms with Crippen LogP contribution in [-0.2, 0) is 6.54 Å². The average Bonchev–Trinajstić information content (AvgIpc) is 2.92. The minimum Gasteiger partial charge on any atom is -0.349 e. The van der Waals surface area contributed by atoms with E-state index < -0.39 is 0 Å². The number of nitrogens with one attached hydrogen (secondary N) is 1. The third-order valence-corrected chi connectivity index (χ3v) is 4.85. The zero-order valence-corrected chi connectivity index (χ0v) is 15.0. The molecule has 0 aliphatic heterocycles. The molecule has 1 unspecified atom stereocenters. The Morgan fingerprint density at radius 2 is 1.84 bits per heavy atom. The van der Waals surface area contributed by atoms with E-state index in [-0.39, 0.29) is 11.9 Å². The van der Waals surface area contributed by atoms with Gasteiger partial charge in [-0.2, -0.15) is 0 Å². The number of aromatic nitrogens is 1. The number of fused-ring (bicyclic) bond motifs is 1. The highest BCUT2D eigenvalue weighted by molar-refractivity contribution is 5.96. The van der Waals surface area contributed by atoms with Crippen molar-refractivity contribution in [3.8, 4) is 0 Å². The van der Waals surface area contributed by atoms with E-state index in [1.807, 2.05) is 38.1 Å². The molecule has 3 aromatic rings. The third kappa shape index (κ3) is 3.30. The summed E-state index contributed by atoms with van der Waals surface area (Å²) < 4.78 is 2.14. The highest BCUT2D eigenvalue weighted by atomic mass is 16.1. The van der Waals surface area contributed by atoms with E-state index in [0.29, 0.717) is 6.54 Å². The lowest BCUT2D eigenvalue weighted by atomic mass is 10.0. The molecule has 1 heterocycles. The summed E-state index contributed by atoms with van der Waals surface area (Å²) in [7, 11) is 0. The second kappa shape index (κ2) is 7.11. The van der Waals surface area contributed by atoms with Crippen molar-refractivity contribution in [1.29, 1.82) is 0 Å². The van der Waals surface area contributed by atoms with Crippen LogP contribution in [0.15, 0.2) is 48.5 Å². The first-order chi connectivity index (χ1) is 12.0. The second-order valence-corrected chi connectivity index (χ2v) is 6.40. The Balaban J connectivity index is 1.87. The molecule has 1 atom stereocenters. The summed E-state index contributed by atoms with van der Waals surface area (Å²) in [5.41, 5.74) is 9.79. The van der Waals surface area contributed by atoms with E-state index in [0.717, 1.165) is 34.4 Å². The van der Waals surface area contributed by atoms with Gasteiger partial charge in [-0.05, 0) is 49.2 Å². The van der Waals surface area contributed by atoms with E-state index in [1.54, 1.807) is 0 Å². The molecule has 4 heteroatoms. The molecule has 0 fully saturated rings. The maximum atomic E-state index is 12.8. The number of nitrogens with zero attached hydrogens (tertiary/aromatic N) is 1. The van der Waals surface area contributed by atoms with Gasteiger partial charge in [0.05, 0.1) is 11.6 Å². The van der Waals surface area contributed by atoms with Crippen molar-refractivity contribution >= 4 is 16.7 Å². The number of benzene rings is 2. The minimum atomic E-state index is -0.207. The highest BCUT2D eigenvalue weighted by Gasteiger charge is 2.19. The van der Waals surface area contributed by atoms with Gasteiger partial charge in [0.15, 0.2) is 0 Å². The Bertz CT molecular complexity index is 911. The lowest BCUT2D eigenvalue weighted by Gasteiger charge is -2.18. The zero-order valence-electron chi connectivity index (χ0n) is 15.0. The van der Waals surface area contributed by atoms with Crippen LogP contribution >= 0.6 is 0 Å². The molecular formula is C21H25N3O. The van der Waals surface area contributed by atoms with Crippen molar-refractivity contribution in [2.24, 2.45) is 5.73 Å². The number of rotatable bonds is 5. The maximum absolute atomic E-state index is 12.8. The molecule has 25 heavy (non-hydrogen) atoms. The average molecular weight is 335 g/mol. The minimum absolute atomic E-state index is 0.0728. The fraction of sp³-hybridized carbons (Fsp3) is 0.286. The number of carbonyl (C=O) groups is 1. The first kappa shape index (κ1) is 17.2. The number of hydrogen-bond donors (Lipinski definition) is 2. The molecule has 0 radical (unpaired) electrons. The van der Waals surface area contributed by atoms with Crippen LogP contribution in [0.25, 0.3) is 10.8 Å². The summed E-state index contributed by atoms with van der Waals surface area (Å²) in [4.78, 5) is 12.8. The Morgan fingerprint density at radius 3 is 2.48 bits per heavy atom. The largest absolute Gasteiger partial charge is 0.349 e. The van der Waals surface area contributed by atoms with E-state index >= 15 is 0 Å². The van der Waals surface area contributed by atoms with Crippen LogP contribution in [0.1, 0.15) is 40.3 Å². The number of aryl methyl sites for hydroxylation is 1. The van der Waals surface area contributed by atoms with Gasteiger partial charge in [-0.1, -0.05) is 36.4 Å². The highest BCUT2D eigenvalue weighted by Crippen LogP contribution is 2.21. The maximum Gasteiger partial charge on any atom is 0.253 e. The summed E-state index contributed by atoms with van der Waals surface area (Å²) in [6.07, 6.45) is 0. The molecular weight excluding hydrogens is 310 g/mol. The lowest BCUT2D eigenvalue weighted by Crippen LogP contribution is -2.33. The summed E-state index contributed by atoms with van der Waals surface area (Å²) in [5, 5.41) is 5.42. The van der Waals surface area contributed by atoms with E-state index in [2.05, 4.69) is 41.1 Å². The topological polar surface area (TPSA) is 60.0 Å². The molecule has 0 spiro atoms. The Labute approximate surface area is 148 Å². The second-order valence-electron chi connectivity index (χ2n) is 6.40. The molecule has 0 aliphatic rings. The summed E-state index contributed by atoms with van der Waals surface area (Å²) in [6, 6.07) is 16.1. The van der Waals surface area contributed by atoms with Gasteiger partial charge < -0.3 is 15.6 Å². The number of amides is 1. The lowest BCUT2D eigenvalue weighted by molar-refractivity contribution is 0.0937. The molecule has 0 aliphatic carbocycles. The molecule has 0 bridgehead atoms. The van der Waals surface area contributed by atoms with Crippen LogP contribution in [0.3, 0.4) is 0 Å². The van der Waals surface area contributed by atoms with Gasteiger partial charge in [0, 0.05) is 24.5 Å². The standard InChI is InChI=1S/C21H25N3O/c1-4-24-14(2)11-19(15(24)3)21(25)23-20(13-22)18-10-9-16-7-5-6-8-17(16)12-18/h5-12,20H,4,13,22H2,1-3H3,(H,23,25). The molecule has 1 aromatic heterocycles. The van der Waals surface area contributed by atoms with Gasteiger partial charge in [-0.15, -0.1) is 0 Å². The monoisotopic (exact) mass is 335 g/mol. The van der Waals surface area contributed by atoms with Crippen LogP contribution in [0.4, 0.5) is 0 Å². The number of hydrogen-bond acceptors (Lipinski definition) is 2. The third-order valence-electron chi connectivity index (χ3n) is 4.85. The van der Waals surface area contributed by atoms with E-state index in [9.17, 15) is 4.79 Å². The fourth-order valence-corrected chi connectivity index (χ4v) is 3.46. The SMILES string of the molecule is CCn1c(C)cc(C(=O)NC(CN)c2ccc3ccccc3c2)c1C. The molecule has 3 rings (SSSR count). The molecule has 0 saturated heterocycles. The van der Waals surface area contributed by atoms with Crippen LogP contribution in [-0.4, -0.2) is 17.0 Å². The van der Waals surface area contributed by atoms with E-state index in [4.69, 9.17) is 5.73 Å². The van der Waals surface area contributed by atoms with Crippen molar-refractivity contribution in [1.82, 2.24) is 9.88 Å². The zero-order chi connectivity index (χ0) is 18.0. The number of nitrogens with two attached hydrogens (primary N) is 1. The van der Waals surface area contributed by atoms with Gasteiger partial charge in [-0.3, -0.25) is 4.79 Å². The van der Waals surface area contributed by atoms with Crippen molar-refractivity contribution in [2.75, 3.05) is 6.54 Å². The van der Waals surface area contributed by atoms with E-state index in [1.165, 1.54) is 5.39 Å². The van der Waals surface area contributed by atoms with Gasteiger partial charge in [0.2, 0.25) is 0 Å². The van der Waals surface area contributed by atoms with Gasteiger partial charge in [0.25, 0.3) is 5.91 Å². The Kier molecular flexibility index (Phi) is 4.91. The molecule has 130 valence electrons. The van der Waals surface area contributed by atoms with Gasteiger partial charge in [0.1, 0.15) is 0 Å². The summed E-state index contributed by atoms with van der Waals surface area (Å²) in [5.74, 6) is -0.0728. The summed E-state index contributed by atoms with van der Waals surface area (Å²) >= 11 is 0. The molecule has 2 aromatic carbocycles. The number of carbonyl (C=O) groups excluding carboxylic acids is 1. The fourth-order valence-electron chi connectivity index (χ4n) is 3.46. The summed E-state index contributed by atoms with van der Waals surface area (Å²) in [6.45, 7) is 7.31. The molecule has 0 saturated carbocycles. The predicted molar refractivity (Wildman–Crippen MR) is 103 cm³/mol.